The lowest BCUT2D eigenvalue weighted by Gasteiger charge is -2.17. The van der Waals surface area contributed by atoms with E-state index in [9.17, 15) is 9.59 Å². The van der Waals surface area contributed by atoms with Gasteiger partial charge in [-0.1, -0.05) is 5.16 Å². The van der Waals surface area contributed by atoms with Crippen LogP contribution in [-0.4, -0.2) is 22.1 Å². The largest absolute Gasteiger partial charge is 0.481 e. The average Bonchev–Trinajstić information content (AvgIpc) is 2.49. The van der Waals surface area contributed by atoms with Gasteiger partial charge in [-0.3, -0.25) is 9.59 Å². The lowest BCUT2D eigenvalue weighted by molar-refractivity contribution is -0.148. The molecule has 1 amide bonds. The summed E-state index contributed by atoms with van der Waals surface area (Å²) in [6.45, 7) is 4.68. The monoisotopic (exact) mass is 226 g/mol. The number of rotatable bonds is 4. The molecule has 6 heteroatoms. The maximum absolute atomic E-state index is 11.5. The normalized spacial score (nSPS) is 11.2. The third-order valence-electron chi connectivity index (χ3n) is 2.08. The number of carboxylic acid groups (broad SMARTS) is 1. The van der Waals surface area contributed by atoms with Crippen molar-refractivity contribution in [2.45, 2.75) is 27.2 Å². The van der Waals surface area contributed by atoms with E-state index in [-0.39, 0.29) is 6.42 Å². The number of hydrogen-bond acceptors (Lipinski definition) is 4. The van der Waals surface area contributed by atoms with E-state index >= 15 is 0 Å². The Morgan fingerprint density at radius 2 is 2.19 bits per heavy atom. The fraction of sp³-hybridized carbons (Fsp3) is 0.500. The quantitative estimate of drug-likeness (QED) is 0.809. The molecule has 0 saturated carbocycles. The molecule has 0 fully saturated rings. The Labute approximate surface area is 92.6 Å². The van der Waals surface area contributed by atoms with Crippen LogP contribution in [0, 0.1) is 12.3 Å². The van der Waals surface area contributed by atoms with E-state index in [4.69, 9.17) is 9.63 Å². The molecule has 0 aliphatic heterocycles. The van der Waals surface area contributed by atoms with Crippen LogP contribution in [0.2, 0.25) is 0 Å². The standard InChI is InChI=1S/C10H14N2O4/c1-6-4-7(12-16-6)11-8(13)5-10(2,3)9(14)15/h4H,5H2,1-3H3,(H,14,15)(H,11,12,13). The molecule has 1 aromatic heterocycles. The smallest absolute Gasteiger partial charge is 0.309 e. The molecule has 0 radical (unpaired) electrons. The van der Waals surface area contributed by atoms with Gasteiger partial charge in [-0.15, -0.1) is 0 Å². The predicted molar refractivity (Wildman–Crippen MR) is 55.9 cm³/mol. The Bertz CT molecular complexity index is 409. The molecule has 1 aromatic rings. The zero-order valence-electron chi connectivity index (χ0n) is 9.40. The van der Waals surface area contributed by atoms with Gasteiger partial charge >= 0.3 is 5.97 Å². The molecular weight excluding hydrogens is 212 g/mol. The number of aryl methyl sites for hydroxylation is 1. The van der Waals surface area contributed by atoms with Crippen LogP contribution in [0.3, 0.4) is 0 Å². The summed E-state index contributed by atoms with van der Waals surface area (Å²) in [5.41, 5.74) is -1.09. The molecule has 0 aromatic carbocycles. The molecule has 0 unspecified atom stereocenters. The highest BCUT2D eigenvalue weighted by molar-refractivity contribution is 5.93. The molecule has 1 heterocycles. The first kappa shape index (κ1) is 12.2. The van der Waals surface area contributed by atoms with E-state index < -0.39 is 17.3 Å². The minimum absolute atomic E-state index is 0.117. The number of amides is 1. The fourth-order valence-corrected chi connectivity index (χ4v) is 1.09. The predicted octanol–water partition coefficient (Wildman–Crippen LogP) is 1.42. The molecule has 0 bridgehead atoms. The van der Waals surface area contributed by atoms with E-state index in [1.165, 1.54) is 13.8 Å². The fourth-order valence-electron chi connectivity index (χ4n) is 1.09. The summed E-state index contributed by atoms with van der Waals surface area (Å²) in [6.07, 6.45) is -0.117. The number of anilines is 1. The van der Waals surface area contributed by atoms with Crippen molar-refractivity contribution in [3.63, 3.8) is 0 Å². The molecule has 0 saturated heterocycles. The van der Waals surface area contributed by atoms with Crippen LogP contribution in [-0.2, 0) is 9.59 Å². The van der Waals surface area contributed by atoms with Crippen LogP contribution in [0.15, 0.2) is 10.6 Å². The lowest BCUT2D eigenvalue weighted by atomic mass is 9.89. The van der Waals surface area contributed by atoms with E-state index in [0.717, 1.165) is 0 Å². The summed E-state index contributed by atoms with van der Waals surface area (Å²) in [5.74, 6) is -0.545. The Balaban J connectivity index is 2.58. The van der Waals surface area contributed by atoms with Gasteiger partial charge in [0.1, 0.15) is 5.76 Å². The first-order valence-corrected chi connectivity index (χ1v) is 4.78. The van der Waals surface area contributed by atoms with E-state index in [1.807, 2.05) is 0 Å². The second-order valence-electron chi connectivity index (χ2n) is 4.24. The highest BCUT2D eigenvalue weighted by atomic mass is 16.5. The Kier molecular flexibility index (Phi) is 3.31. The van der Waals surface area contributed by atoms with E-state index in [2.05, 4.69) is 10.5 Å². The number of nitrogens with zero attached hydrogens (tertiary/aromatic N) is 1. The number of carbonyl (C=O) groups is 2. The SMILES string of the molecule is Cc1cc(NC(=O)CC(C)(C)C(=O)O)no1. The first-order valence-electron chi connectivity index (χ1n) is 4.78. The molecule has 0 atom stereocenters. The number of carboxylic acids is 1. The van der Waals surface area contributed by atoms with Crippen molar-refractivity contribution >= 4 is 17.7 Å². The minimum Gasteiger partial charge on any atom is -0.481 e. The van der Waals surface area contributed by atoms with Gasteiger partial charge in [0, 0.05) is 12.5 Å². The van der Waals surface area contributed by atoms with Gasteiger partial charge < -0.3 is 14.9 Å². The molecule has 88 valence electrons. The average molecular weight is 226 g/mol. The van der Waals surface area contributed by atoms with Crippen LogP contribution in [0.25, 0.3) is 0 Å². The van der Waals surface area contributed by atoms with E-state index in [1.54, 1.807) is 13.0 Å². The van der Waals surface area contributed by atoms with Crippen molar-refractivity contribution in [1.82, 2.24) is 5.16 Å². The number of hydrogen-bond donors (Lipinski definition) is 2. The Morgan fingerprint density at radius 3 is 2.62 bits per heavy atom. The molecule has 0 spiro atoms. The molecule has 16 heavy (non-hydrogen) atoms. The van der Waals surface area contributed by atoms with Crippen molar-refractivity contribution in [3.05, 3.63) is 11.8 Å². The summed E-state index contributed by atoms with van der Waals surface area (Å²) in [7, 11) is 0. The molecule has 0 aliphatic rings. The maximum atomic E-state index is 11.5. The van der Waals surface area contributed by atoms with E-state index in [0.29, 0.717) is 11.6 Å². The number of aromatic nitrogens is 1. The summed E-state index contributed by atoms with van der Waals surface area (Å²) >= 11 is 0. The van der Waals surface area contributed by atoms with Crippen molar-refractivity contribution < 1.29 is 19.2 Å². The van der Waals surface area contributed by atoms with Gasteiger partial charge in [0.2, 0.25) is 5.91 Å². The minimum atomic E-state index is -1.09. The zero-order valence-corrected chi connectivity index (χ0v) is 9.40. The molecule has 6 nitrogen and oxygen atoms in total. The van der Waals surface area contributed by atoms with Crippen molar-refractivity contribution in [3.8, 4) is 0 Å². The highest BCUT2D eigenvalue weighted by Crippen LogP contribution is 2.21. The molecule has 0 aliphatic carbocycles. The van der Waals surface area contributed by atoms with Gasteiger partial charge in [-0.25, -0.2) is 0 Å². The zero-order chi connectivity index (χ0) is 12.3. The summed E-state index contributed by atoms with van der Waals surface area (Å²) in [4.78, 5) is 22.3. The van der Waals surface area contributed by atoms with Crippen molar-refractivity contribution in [2.24, 2.45) is 5.41 Å². The van der Waals surface area contributed by atoms with Crippen LogP contribution in [0.4, 0.5) is 5.82 Å². The van der Waals surface area contributed by atoms with Gasteiger partial charge in [-0.05, 0) is 20.8 Å². The number of carbonyl (C=O) groups excluding carboxylic acids is 1. The van der Waals surface area contributed by atoms with Crippen molar-refractivity contribution in [1.29, 1.82) is 0 Å². The van der Waals surface area contributed by atoms with Gasteiger partial charge in [0.15, 0.2) is 5.82 Å². The second-order valence-corrected chi connectivity index (χ2v) is 4.24. The second kappa shape index (κ2) is 4.34. The first-order chi connectivity index (χ1) is 7.31. The Hall–Kier alpha value is -1.85. The summed E-state index contributed by atoms with van der Waals surface area (Å²) in [5, 5.41) is 14.9. The molecule has 2 N–H and O–H groups in total. The van der Waals surface area contributed by atoms with Crippen LogP contribution < -0.4 is 5.32 Å². The lowest BCUT2D eigenvalue weighted by Crippen LogP contribution is -2.29. The Morgan fingerprint density at radius 1 is 1.56 bits per heavy atom. The van der Waals surface area contributed by atoms with Gasteiger partial charge in [0.05, 0.1) is 5.41 Å². The summed E-state index contributed by atoms with van der Waals surface area (Å²) < 4.78 is 4.76. The van der Waals surface area contributed by atoms with Gasteiger partial charge in [-0.2, -0.15) is 0 Å². The third kappa shape index (κ3) is 3.08. The third-order valence-corrected chi connectivity index (χ3v) is 2.08. The van der Waals surface area contributed by atoms with Crippen LogP contribution in [0.1, 0.15) is 26.0 Å². The maximum Gasteiger partial charge on any atom is 0.309 e. The van der Waals surface area contributed by atoms with Crippen LogP contribution in [0.5, 0.6) is 0 Å². The number of aliphatic carboxylic acids is 1. The highest BCUT2D eigenvalue weighted by Gasteiger charge is 2.30. The van der Waals surface area contributed by atoms with Crippen LogP contribution >= 0.6 is 0 Å². The van der Waals surface area contributed by atoms with Gasteiger partial charge in [0.25, 0.3) is 0 Å². The molecular formula is C10H14N2O4. The molecule has 1 rings (SSSR count). The topological polar surface area (TPSA) is 92.4 Å². The summed E-state index contributed by atoms with van der Waals surface area (Å²) in [6, 6.07) is 1.56. The van der Waals surface area contributed by atoms with Crippen molar-refractivity contribution in [2.75, 3.05) is 5.32 Å². The number of nitrogens with one attached hydrogen (secondary N) is 1.